The topological polar surface area (TPSA) is 26.8 Å². The van der Waals surface area contributed by atoms with Crippen molar-refractivity contribution in [3.8, 4) is 0 Å². The third-order valence-electron chi connectivity index (χ3n) is 2.45. The van der Waals surface area contributed by atoms with Crippen LogP contribution >= 0.6 is 35.1 Å². The Morgan fingerprint density at radius 2 is 1.94 bits per heavy atom. The van der Waals surface area contributed by atoms with Crippen molar-refractivity contribution in [3.63, 3.8) is 0 Å². The number of urea groups is 1. The Hall–Kier alpha value is -0.690. The van der Waals surface area contributed by atoms with Crippen LogP contribution in [-0.4, -0.2) is 26.0 Å². The summed E-state index contributed by atoms with van der Waals surface area (Å²) in [5, 5.41) is 0.0140. The number of hydrogen-bond donors (Lipinski definition) is 0. The molecule has 0 aliphatic carbocycles. The number of alkyl halides is 2. The number of anilines is 1. The Kier molecular flexibility index (Phi) is 4.21. The Balaban J connectivity index is 2.26. The number of hydrogen-bond acceptors (Lipinski definition) is 3. The highest BCUT2D eigenvalue weighted by atomic mass is 35.5. The molecular weight excluding hydrogens is 300 g/mol. The largest absolute Gasteiger partial charge is 0.370 e. The number of hydrazine groups is 1. The van der Waals surface area contributed by atoms with Crippen molar-refractivity contribution in [2.45, 2.75) is 17.3 Å². The maximum atomic E-state index is 13.8. The summed E-state index contributed by atoms with van der Waals surface area (Å²) in [5.41, 5.74) is 0.612. The van der Waals surface area contributed by atoms with Gasteiger partial charge in [0.05, 0.1) is 0 Å². The average Bonchev–Trinajstić information content (AvgIpc) is 2.54. The van der Waals surface area contributed by atoms with Gasteiger partial charge in [0, 0.05) is 5.69 Å². The summed E-state index contributed by atoms with van der Waals surface area (Å²) in [6.45, 7) is 1.69. The maximum absolute atomic E-state index is 13.8. The van der Waals surface area contributed by atoms with Gasteiger partial charge in [0.15, 0.2) is 4.17 Å². The summed E-state index contributed by atoms with van der Waals surface area (Å²) in [5.74, 6) is 0. The fourth-order valence-electron chi connectivity index (χ4n) is 1.70. The van der Waals surface area contributed by atoms with Crippen molar-refractivity contribution in [2.75, 3.05) is 4.90 Å². The second kappa shape index (κ2) is 5.52. The number of nitrogens with zero attached hydrogens (tertiary/aromatic N) is 3. The molecule has 1 unspecified atom stereocenters. The predicted octanol–water partition coefficient (Wildman–Crippen LogP) is 3.79. The summed E-state index contributed by atoms with van der Waals surface area (Å²) in [6, 6.07) is 8.07. The molecule has 2 rings (SSSR count). The average molecular weight is 310 g/mol. The van der Waals surface area contributed by atoms with Gasteiger partial charge in [0.2, 0.25) is 0 Å². The van der Waals surface area contributed by atoms with Crippen LogP contribution in [0.2, 0.25) is 0 Å². The predicted molar refractivity (Wildman–Crippen MR) is 71.7 cm³/mol. The van der Waals surface area contributed by atoms with Crippen molar-refractivity contribution in [2.24, 2.45) is 0 Å². The van der Waals surface area contributed by atoms with E-state index >= 15 is 0 Å². The van der Waals surface area contributed by atoms with Crippen LogP contribution in [0.15, 0.2) is 30.3 Å². The number of halogens is 3. The molecule has 0 bridgehead atoms. The van der Waals surface area contributed by atoms with E-state index in [-0.39, 0.29) is 5.23 Å². The smallest absolute Gasteiger partial charge is 0.272 e. The first-order valence-corrected chi connectivity index (χ1v) is 6.81. The normalized spacial score (nSPS) is 21.2. The molecule has 8 heteroatoms. The molecule has 18 heavy (non-hydrogen) atoms. The van der Waals surface area contributed by atoms with Crippen LogP contribution in [0.5, 0.6) is 0 Å². The number of rotatable bonds is 3. The Labute approximate surface area is 118 Å². The standard InChI is InChI=1S/C10H10Cl2FN3OS/c1-7-14(8-5-3-2-4-6-8)10(17)15(13)16(7)18-9(11)12/h2-7,9H,1H3. The molecule has 1 aliphatic rings. The third kappa shape index (κ3) is 2.51. The molecule has 0 radical (unpaired) electrons. The Morgan fingerprint density at radius 1 is 1.33 bits per heavy atom. The molecule has 0 spiro atoms. The van der Waals surface area contributed by atoms with Crippen LogP contribution in [0.1, 0.15) is 6.92 Å². The van der Waals surface area contributed by atoms with Gasteiger partial charge in [0.1, 0.15) is 6.17 Å². The molecular formula is C10H10Cl2FN3OS. The van der Waals surface area contributed by atoms with Crippen LogP contribution in [-0.2, 0) is 0 Å². The van der Waals surface area contributed by atoms with Crippen molar-refractivity contribution < 1.29 is 9.28 Å². The number of amides is 2. The molecule has 2 amide bonds. The number of para-hydroxylation sites is 1. The van der Waals surface area contributed by atoms with E-state index in [9.17, 15) is 9.28 Å². The molecule has 1 aromatic carbocycles. The van der Waals surface area contributed by atoms with Gasteiger partial charge < -0.3 is 0 Å². The second-order valence-electron chi connectivity index (χ2n) is 3.55. The highest BCUT2D eigenvalue weighted by Gasteiger charge is 2.44. The Bertz CT molecular complexity index is 436. The van der Waals surface area contributed by atoms with Gasteiger partial charge in [-0.25, -0.2) is 4.79 Å². The monoisotopic (exact) mass is 309 g/mol. The SMILES string of the molecule is CC1N(c2ccccc2)C(=O)N(F)N1SC(Cl)Cl. The third-order valence-corrected chi connectivity index (χ3v) is 3.75. The molecule has 1 saturated heterocycles. The van der Waals surface area contributed by atoms with Gasteiger partial charge in [-0.3, -0.25) is 4.90 Å². The number of carbonyl (C=O) groups is 1. The summed E-state index contributed by atoms with van der Waals surface area (Å²) < 4.78 is 14.0. The van der Waals surface area contributed by atoms with Crippen LogP contribution in [0, 0.1) is 0 Å². The summed E-state index contributed by atoms with van der Waals surface area (Å²) in [4.78, 5) is 13.2. The van der Waals surface area contributed by atoms with Gasteiger partial charge in [0.25, 0.3) is 0 Å². The lowest BCUT2D eigenvalue weighted by Gasteiger charge is -2.23. The number of benzene rings is 1. The lowest BCUT2D eigenvalue weighted by atomic mass is 10.3. The number of carbonyl (C=O) groups excluding carboxylic acids is 1. The van der Waals surface area contributed by atoms with E-state index < -0.39 is 16.4 Å². The van der Waals surface area contributed by atoms with Crippen LogP contribution in [0.3, 0.4) is 0 Å². The minimum absolute atomic E-state index is 0.0140. The molecule has 1 aromatic rings. The van der Waals surface area contributed by atoms with E-state index in [1.54, 1.807) is 31.2 Å². The summed E-state index contributed by atoms with van der Waals surface area (Å²) in [7, 11) is 0. The van der Waals surface area contributed by atoms with Crippen molar-refractivity contribution in [3.05, 3.63) is 30.3 Å². The van der Waals surface area contributed by atoms with Gasteiger partial charge in [-0.2, -0.15) is 0 Å². The van der Waals surface area contributed by atoms with E-state index in [0.717, 1.165) is 16.4 Å². The highest BCUT2D eigenvalue weighted by molar-refractivity contribution is 8.00. The second-order valence-corrected chi connectivity index (χ2v) is 6.22. The zero-order valence-electron chi connectivity index (χ0n) is 9.33. The summed E-state index contributed by atoms with van der Waals surface area (Å²) in [6.07, 6.45) is -0.519. The van der Waals surface area contributed by atoms with Gasteiger partial charge in [-0.15, -0.1) is 4.41 Å². The van der Waals surface area contributed by atoms with Crippen LogP contribution in [0.25, 0.3) is 0 Å². The van der Waals surface area contributed by atoms with Gasteiger partial charge in [-0.1, -0.05) is 51.1 Å². The first-order chi connectivity index (χ1) is 8.52. The fourth-order valence-corrected chi connectivity index (χ4v) is 2.78. The highest BCUT2D eigenvalue weighted by Crippen LogP contribution is 2.36. The van der Waals surface area contributed by atoms with Crippen LogP contribution in [0.4, 0.5) is 15.0 Å². The molecule has 0 saturated carbocycles. The van der Waals surface area contributed by atoms with Gasteiger partial charge in [-0.05, 0) is 31.0 Å². The first-order valence-electron chi connectivity index (χ1n) is 5.10. The molecule has 98 valence electrons. The van der Waals surface area contributed by atoms with E-state index in [2.05, 4.69) is 0 Å². The van der Waals surface area contributed by atoms with Gasteiger partial charge >= 0.3 is 6.03 Å². The molecule has 1 aliphatic heterocycles. The minimum atomic E-state index is -0.853. The lowest BCUT2D eigenvalue weighted by molar-refractivity contribution is -0.0427. The van der Waals surface area contributed by atoms with E-state index in [1.807, 2.05) is 6.07 Å². The molecule has 0 N–H and O–H groups in total. The lowest BCUT2D eigenvalue weighted by Crippen LogP contribution is -2.34. The zero-order chi connectivity index (χ0) is 13.3. The summed E-state index contributed by atoms with van der Waals surface area (Å²) >= 11 is 12.0. The van der Waals surface area contributed by atoms with Crippen molar-refractivity contribution >= 4 is 46.9 Å². The Morgan fingerprint density at radius 3 is 2.50 bits per heavy atom. The minimum Gasteiger partial charge on any atom is -0.272 e. The molecule has 4 nitrogen and oxygen atoms in total. The van der Waals surface area contributed by atoms with E-state index in [1.165, 1.54) is 4.90 Å². The van der Waals surface area contributed by atoms with Crippen LogP contribution < -0.4 is 4.90 Å². The van der Waals surface area contributed by atoms with Crippen molar-refractivity contribution in [1.29, 1.82) is 0 Å². The first kappa shape index (κ1) is 13.7. The van der Waals surface area contributed by atoms with E-state index in [4.69, 9.17) is 23.2 Å². The quantitative estimate of drug-likeness (QED) is 0.483. The molecule has 1 fully saturated rings. The fraction of sp³-hybridized carbons (Fsp3) is 0.300. The molecule has 1 atom stereocenters. The van der Waals surface area contributed by atoms with E-state index in [0.29, 0.717) is 5.69 Å². The molecule has 0 aromatic heterocycles. The maximum Gasteiger partial charge on any atom is 0.370 e. The van der Waals surface area contributed by atoms with Crippen molar-refractivity contribution in [1.82, 2.24) is 9.65 Å². The zero-order valence-corrected chi connectivity index (χ0v) is 11.7. The molecule has 1 heterocycles.